The summed E-state index contributed by atoms with van der Waals surface area (Å²) in [5, 5.41) is 0.532. The van der Waals surface area contributed by atoms with Crippen molar-refractivity contribution in [2.75, 3.05) is 13.7 Å². The van der Waals surface area contributed by atoms with Crippen molar-refractivity contribution < 1.29 is 9.53 Å². The van der Waals surface area contributed by atoms with Crippen LogP contribution in [0, 0.1) is 6.92 Å². The number of hydrogen-bond donors (Lipinski definition) is 0. The third-order valence-corrected chi connectivity index (χ3v) is 4.80. The maximum absolute atomic E-state index is 12.8. The molecule has 6 heteroatoms. The van der Waals surface area contributed by atoms with Crippen LogP contribution >= 0.6 is 11.3 Å². The molecule has 3 rings (SSSR count). The summed E-state index contributed by atoms with van der Waals surface area (Å²) in [6.07, 6.45) is 3.73. The van der Waals surface area contributed by atoms with E-state index >= 15 is 0 Å². The van der Waals surface area contributed by atoms with Crippen LogP contribution in [0.3, 0.4) is 0 Å². The largest absolute Gasteiger partial charge is 0.473 e. The van der Waals surface area contributed by atoms with Crippen LogP contribution in [0.4, 0.5) is 0 Å². The molecule has 1 saturated heterocycles. The fourth-order valence-electron chi connectivity index (χ4n) is 2.68. The number of pyridine rings is 1. The molecule has 0 unspecified atom stereocenters. The van der Waals surface area contributed by atoms with Gasteiger partial charge in [-0.1, -0.05) is 17.4 Å². The lowest BCUT2D eigenvalue weighted by atomic mass is 10.1. The number of aryl methyl sites for hydroxylation is 1. The summed E-state index contributed by atoms with van der Waals surface area (Å²) < 4.78 is 5.12. The van der Waals surface area contributed by atoms with Gasteiger partial charge >= 0.3 is 0 Å². The monoisotopic (exact) mass is 303 g/mol. The Morgan fingerprint density at radius 1 is 1.48 bits per heavy atom. The van der Waals surface area contributed by atoms with E-state index in [0.29, 0.717) is 10.1 Å². The molecular weight excluding hydrogens is 286 g/mol. The summed E-state index contributed by atoms with van der Waals surface area (Å²) >= 11 is 1.31. The van der Waals surface area contributed by atoms with Gasteiger partial charge < -0.3 is 9.64 Å². The molecule has 0 radical (unpaired) electrons. The quantitative estimate of drug-likeness (QED) is 0.875. The van der Waals surface area contributed by atoms with Crippen molar-refractivity contribution in [3.8, 4) is 5.19 Å². The van der Waals surface area contributed by atoms with E-state index in [9.17, 15) is 4.79 Å². The van der Waals surface area contributed by atoms with Gasteiger partial charge in [-0.25, -0.2) is 4.98 Å². The number of thiazole rings is 1. The van der Waals surface area contributed by atoms with Gasteiger partial charge in [0.2, 0.25) is 0 Å². The molecule has 1 amide bonds. The minimum atomic E-state index is 0.0291. The van der Waals surface area contributed by atoms with E-state index in [-0.39, 0.29) is 11.9 Å². The highest BCUT2D eigenvalue weighted by atomic mass is 32.1. The molecule has 0 aliphatic carbocycles. The summed E-state index contributed by atoms with van der Waals surface area (Å²) in [5.74, 6) is 0.0291. The Balaban J connectivity index is 1.88. The van der Waals surface area contributed by atoms with Crippen LogP contribution in [0.15, 0.2) is 24.4 Å². The molecular formula is C15H17N3O2S. The number of nitrogens with zero attached hydrogens (tertiary/aromatic N) is 3. The molecule has 1 aliphatic heterocycles. The van der Waals surface area contributed by atoms with E-state index in [1.54, 1.807) is 13.3 Å². The van der Waals surface area contributed by atoms with E-state index in [1.165, 1.54) is 11.3 Å². The lowest BCUT2D eigenvalue weighted by molar-refractivity contribution is 0.0737. The second-order valence-electron chi connectivity index (χ2n) is 5.01. The van der Waals surface area contributed by atoms with Crippen LogP contribution in [0.2, 0.25) is 0 Å². The summed E-state index contributed by atoms with van der Waals surface area (Å²) in [6.45, 7) is 2.61. The maximum atomic E-state index is 12.8. The third kappa shape index (κ3) is 2.63. The molecule has 0 N–H and O–H groups in total. The summed E-state index contributed by atoms with van der Waals surface area (Å²) in [6, 6.07) is 5.90. The number of aromatic nitrogens is 2. The van der Waals surface area contributed by atoms with Crippen LogP contribution in [-0.4, -0.2) is 34.4 Å². The zero-order valence-electron chi connectivity index (χ0n) is 12.1. The molecule has 1 aliphatic rings. The van der Waals surface area contributed by atoms with Crippen LogP contribution in [0.1, 0.15) is 39.9 Å². The number of hydrogen-bond acceptors (Lipinski definition) is 5. The van der Waals surface area contributed by atoms with Crippen molar-refractivity contribution in [2.45, 2.75) is 25.8 Å². The molecule has 0 spiro atoms. The van der Waals surface area contributed by atoms with Crippen molar-refractivity contribution in [3.63, 3.8) is 0 Å². The minimum absolute atomic E-state index is 0.0291. The maximum Gasteiger partial charge on any atom is 0.273 e. The molecule has 110 valence electrons. The first-order chi connectivity index (χ1) is 10.2. The predicted octanol–water partition coefficient (Wildman–Crippen LogP) is 2.83. The van der Waals surface area contributed by atoms with Crippen molar-refractivity contribution >= 4 is 17.2 Å². The zero-order valence-corrected chi connectivity index (χ0v) is 12.9. The van der Waals surface area contributed by atoms with Crippen molar-refractivity contribution in [2.24, 2.45) is 0 Å². The Morgan fingerprint density at radius 3 is 3.00 bits per heavy atom. The number of carbonyl (C=O) groups excluding carboxylic acids is 1. The number of ether oxygens (including phenoxy) is 1. The van der Waals surface area contributed by atoms with E-state index in [0.717, 1.165) is 30.8 Å². The molecule has 1 atom stereocenters. The first-order valence-corrected chi connectivity index (χ1v) is 7.75. The predicted molar refractivity (Wildman–Crippen MR) is 80.7 cm³/mol. The van der Waals surface area contributed by atoms with Gasteiger partial charge in [-0.05, 0) is 31.9 Å². The molecule has 0 bridgehead atoms. The summed E-state index contributed by atoms with van der Waals surface area (Å²) in [7, 11) is 1.57. The molecule has 2 aromatic rings. The fourth-order valence-corrected chi connectivity index (χ4v) is 3.52. The van der Waals surface area contributed by atoms with Gasteiger partial charge in [0.1, 0.15) is 4.88 Å². The highest BCUT2D eigenvalue weighted by molar-refractivity contribution is 7.15. The Kier molecular flexibility index (Phi) is 3.88. The Morgan fingerprint density at radius 2 is 2.33 bits per heavy atom. The number of amides is 1. The Labute approximate surface area is 127 Å². The SMILES string of the molecule is COc1nc(C)c(C(=O)N2CCC[C@H]2c2ccccn2)s1. The summed E-state index contributed by atoms with van der Waals surface area (Å²) in [4.78, 5) is 24.0. The van der Waals surface area contributed by atoms with Gasteiger partial charge in [-0.15, -0.1) is 0 Å². The normalized spacial score (nSPS) is 18.0. The minimum Gasteiger partial charge on any atom is -0.473 e. The second kappa shape index (κ2) is 5.81. The van der Waals surface area contributed by atoms with Gasteiger partial charge in [0.15, 0.2) is 0 Å². The van der Waals surface area contributed by atoms with E-state index in [1.807, 2.05) is 30.0 Å². The lowest BCUT2D eigenvalue weighted by Gasteiger charge is -2.23. The topological polar surface area (TPSA) is 55.3 Å². The van der Waals surface area contributed by atoms with Crippen LogP contribution in [-0.2, 0) is 0 Å². The van der Waals surface area contributed by atoms with Gasteiger partial charge in [0.25, 0.3) is 11.1 Å². The molecule has 2 aromatic heterocycles. The molecule has 21 heavy (non-hydrogen) atoms. The van der Waals surface area contributed by atoms with Crippen LogP contribution in [0.25, 0.3) is 0 Å². The van der Waals surface area contributed by atoms with E-state index in [2.05, 4.69) is 9.97 Å². The highest BCUT2D eigenvalue weighted by Crippen LogP contribution is 2.34. The van der Waals surface area contributed by atoms with E-state index < -0.39 is 0 Å². The lowest BCUT2D eigenvalue weighted by Crippen LogP contribution is -2.30. The van der Waals surface area contributed by atoms with Gasteiger partial charge in [0, 0.05) is 12.7 Å². The first-order valence-electron chi connectivity index (χ1n) is 6.94. The van der Waals surface area contributed by atoms with Crippen molar-refractivity contribution in [1.29, 1.82) is 0 Å². The average molecular weight is 303 g/mol. The van der Waals surface area contributed by atoms with Crippen LogP contribution in [0.5, 0.6) is 5.19 Å². The number of methoxy groups -OCH3 is 1. The molecule has 5 nitrogen and oxygen atoms in total. The zero-order chi connectivity index (χ0) is 14.8. The van der Waals surface area contributed by atoms with Gasteiger partial charge in [-0.2, -0.15) is 0 Å². The number of rotatable bonds is 3. The standard InChI is InChI=1S/C15H17N3O2S/c1-10-13(21-15(17-10)20-2)14(19)18-9-5-7-12(18)11-6-3-4-8-16-11/h3-4,6,8,12H,5,7,9H2,1-2H3/t12-/m0/s1. The number of likely N-dealkylation sites (tertiary alicyclic amines) is 1. The molecule has 0 aromatic carbocycles. The fraction of sp³-hybridized carbons (Fsp3) is 0.400. The van der Waals surface area contributed by atoms with Crippen LogP contribution < -0.4 is 4.74 Å². The summed E-state index contributed by atoms with van der Waals surface area (Å²) in [5.41, 5.74) is 1.69. The van der Waals surface area contributed by atoms with Gasteiger partial charge in [0.05, 0.1) is 24.5 Å². The molecule has 0 saturated carbocycles. The number of carbonyl (C=O) groups is 1. The molecule has 1 fully saturated rings. The average Bonchev–Trinajstić information content (AvgIpc) is 3.14. The first kappa shape index (κ1) is 14.0. The Bertz CT molecular complexity index is 642. The Hall–Kier alpha value is -1.95. The smallest absolute Gasteiger partial charge is 0.273 e. The third-order valence-electron chi connectivity index (χ3n) is 3.69. The highest BCUT2D eigenvalue weighted by Gasteiger charge is 2.33. The molecule has 3 heterocycles. The second-order valence-corrected chi connectivity index (χ2v) is 5.97. The van der Waals surface area contributed by atoms with E-state index in [4.69, 9.17) is 4.74 Å². The van der Waals surface area contributed by atoms with Crippen molar-refractivity contribution in [1.82, 2.24) is 14.9 Å². The van der Waals surface area contributed by atoms with Gasteiger partial charge in [-0.3, -0.25) is 9.78 Å². The van der Waals surface area contributed by atoms with Crippen molar-refractivity contribution in [3.05, 3.63) is 40.7 Å².